The quantitative estimate of drug-likeness (QED) is 0.839. The number of rotatable bonds is 2. The van der Waals surface area contributed by atoms with Crippen molar-refractivity contribution >= 4 is 12.0 Å². The van der Waals surface area contributed by atoms with Crippen LogP contribution in [0, 0.1) is 5.92 Å². The van der Waals surface area contributed by atoms with Gasteiger partial charge >= 0.3 is 6.09 Å². The largest absolute Gasteiger partial charge is 0.444 e. The number of ether oxygens (including phenoxy) is 2. The first kappa shape index (κ1) is 16.1. The first-order valence-corrected chi connectivity index (χ1v) is 7.71. The molecule has 0 aromatic heterocycles. The maximum Gasteiger partial charge on any atom is 0.407 e. The Morgan fingerprint density at radius 2 is 1.86 bits per heavy atom. The molecule has 0 saturated carbocycles. The van der Waals surface area contributed by atoms with Gasteiger partial charge < -0.3 is 19.7 Å². The van der Waals surface area contributed by atoms with Crippen LogP contribution in [-0.2, 0) is 14.3 Å². The average Bonchev–Trinajstić information content (AvgIpc) is 2.85. The third kappa shape index (κ3) is 4.88. The first-order valence-electron chi connectivity index (χ1n) is 7.71. The van der Waals surface area contributed by atoms with Gasteiger partial charge in [-0.2, -0.15) is 0 Å². The molecule has 0 aromatic carbocycles. The topological polar surface area (TPSA) is 67.9 Å². The molecular weight excluding hydrogens is 272 g/mol. The number of alkyl carbamates (subject to hydrolysis) is 1. The highest BCUT2D eigenvalue weighted by molar-refractivity contribution is 5.79. The molecule has 2 aliphatic rings. The Morgan fingerprint density at radius 1 is 1.19 bits per heavy atom. The van der Waals surface area contributed by atoms with Gasteiger partial charge in [-0.3, -0.25) is 4.79 Å². The van der Waals surface area contributed by atoms with Gasteiger partial charge in [0.25, 0.3) is 0 Å². The maximum atomic E-state index is 12.4. The number of nitrogens with zero attached hydrogens (tertiary/aromatic N) is 1. The van der Waals surface area contributed by atoms with Crippen molar-refractivity contribution in [2.75, 3.05) is 26.3 Å². The highest BCUT2D eigenvalue weighted by atomic mass is 16.6. The van der Waals surface area contributed by atoms with E-state index in [1.54, 1.807) is 0 Å². The van der Waals surface area contributed by atoms with Crippen molar-refractivity contribution in [3.63, 3.8) is 0 Å². The van der Waals surface area contributed by atoms with Crippen LogP contribution in [0.15, 0.2) is 0 Å². The van der Waals surface area contributed by atoms with E-state index in [-0.39, 0.29) is 17.9 Å². The predicted octanol–water partition coefficient (Wildman–Crippen LogP) is 1.54. The lowest BCUT2D eigenvalue weighted by Crippen LogP contribution is -2.42. The second kappa shape index (κ2) is 6.64. The first-order chi connectivity index (χ1) is 9.85. The molecule has 0 spiro atoms. The van der Waals surface area contributed by atoms with Crippen molar-refractivity contribution in [1.82, 2.24) is 10.2 Å². The summed E-state index contributed by atoms with van der Waals surface area (Å²) in [5.74, 6) is 0.283. The minimum Gasteiger partial charge on any atom is -0.444 e. The summed E-state index contributed by atoms with van der Waals surface area (Å²) < 4.78 is 10.5. The Bertz CT molecular complexity index is 386. The number of carbonyl (C=O) groups is 2. The zero-order valence-electron chi connectivity index (χ0n) is 13.2. The zero-order valence-corrected chi connectivity index (χ0v) is 13.2. The summed E-state index contributed by atoms with van der Waals surface area (Å²) in [6.07, 6.45) is 1.99. The molecule has 0 aromatic rings. The number of nitrogens with one attached hydrogen (secondary N) is 1. The third-order valence-corrected chi connectivity index (χ3v) is 3.79. The van der Waals surface area contributed by atoms with Crippen molar-refractivity contribution < 1.29 is 19.1 Å². The molecule has 120 valence electrons. The summed E-state index contributed by atoms with van der Waals surface area (Å²) in [5, 5.41) is 2.84. The Balaban J connectivity index is 1.77. The molecule has 0 unspecified atom stereocenters. The molecule has 0 bridgehead atoms. The summed E-state index contributed by atoms with van der Waals surface area (Å²) in [4.78, 5) is 26.0. The second-order valence-corrected chi connectivity index (χ2v) is 6.80. The molecule has 2 aliphatic heterocycles. The molecule has 6 nitrogen and oxygen atoms in total. The monoisotopic (exact) mass is 298 g/mol. The lowest BCUT2D eigenvalue weighted by Gasteiger charge is -2.26. The van der Waals surface area contributed by atoms with Gasteiger partial charge in [0.15, 0.2) is 0 Å². The van der Waals surface area contributed by atoms with Gasteiger partial charge in [-0.1, -0.05) is 0 Å². The molecule has 21 heavy (non-hydrogen) atoms. The third-order valence-electron chi connectivity index (χ3n) is 3.79. The van der Waals surface area contributed by atoms with E-state index in [4.69, 9.17) is 9.47 Å². The SMILES string of the molecule is CC(C)(C)OC(=O)N[C@@H]1CCN(C(=O)C2CCOCC2)C1. The fraction of sp³-hybridized carbons (Fsp3) is 0.867. The van der Waals surface area contributed by atoms with Crippen LogP contribution in [0.3, 0.4) is 0 Å². The Morgan fingerprint density at radius 3 is 2.48 bits per heavy atom. The van der Waals surface area contributed by atoms with E-state index in [0.717, 1.165) is 19.3 Å². The molecule has 2 amide bonds. The number of carbonyl (C=O) groups excluding carboxylic acids is 2. The van der Waals surface area contributed by atoms with Gasteiger partial charge in [0.2, 0.25) is 5.91 Å². The normalized spacial score (nSPS) is 24.0. The van der Waals surface area contributed by atoms with Gasteiger partial charge in [0, 0.05) is 32.2 Å². The average molecular weight is 298 g/mol. The lowest BCUT2D eigenvalue weighted by molar-refractivity contribution is -0.137. The van der Waals surface area contributed by atoms with E-state index in [9.17, 15) is 9.59 Å². The second-order valence-electron chi connectivity index (χ2n) is 6.80. The van der Waals surface area contributed by atoms with E-state index in [2.05, 4.69) is 5.32 Å². The van der Waals surface area contributed by atoms with Gasteiger partial charge in [0.1, 0.15) is 5.60 Å². The number of hydrogen-bond donors (Lipinski definition) is 1. The Hall–Kier alpha value is -1.30. The fourth-order valence-corrected chi connectivity index (χ4v) is 2.76. The number of amides is 2. The molecule has 1 atom stereocenters. The highest BCUT2D eigenvalue weighted by Gasteiger charge is 2.32. The molecule has 6 heteroatoms. The predicted molar refractivity (Wildman–Crippen MR) is 77.9 cm³/mol. The van der Waals surface area contributed by atoms with E-state index in [1.165, 1.54) is 0 Å². The maximum absolute atomic E-state index is 12.4. The number of likely N-dealkylation sites (tertiary alicyclic amines) is 1. The standard InChI is InChI=1S/C15H26N2O4/c1-15(2,3)21-14(19)16-12-4-7-17(10-12)13(18)11-5-8-20-9-6-11/h11-12H,4-10H2,1-3H3,(H,16,19)/t12-/m1/s1. The Kier molecular flexibility index (Phi) is 5.08. The molecule has 0 aliphatic carbocycles. The van der Waals surface area contributed by atoms with Crippen molar-refractivity contribution in [3.05, 3.63) is 0 Å². The summed E-state index contributed by atoms with van der Waals surface area (Å²) in [7, 11) is 0. The van der Waals surface area contributed by atoms with Crippen LogP contribution in [0.1, 0.15) is 40.0 Å². The molecule has 2 saturated heterocycles. The van der Waals surface area contributed by atoms with Crippen molar-refractivity contribution in [2.45, 2.75) is 51.7 Å². The van der Waals surface area contributed by atoms with Crippen LogP contribution in [0.25, 0.3) is 0 Å². The minimum atomic E-state index is -0.500. The van der Waals surface area contributed by atoms with Crippen LogP contribution in [0.5, 0.6) is 0 Å². The van der Waals surface area contributed by atoms with Gasteiger partial charge in [-0.05, 0) is 40.0 Å². The van der Waals surface area contributed by atoms with Crippen LogP contribution in [-0.4, -0.2) is 54.8 Å². The summed E-state index contributed by atoms with van der Waals surface area (Å²) in [6.45, 7) is 8.13. The Labute approximate surface area is 126 Å². The molecule has 2 heterocycles. The van der Waals surface area contributed by atoms with Crippen LogP contribution in [0.4, 0.5) is 4.79 Å². The minimum absolute atomic E-state index is 0.0105. The zero-order chi connectivity index (χ0) is 15.5. The summed E-state index contributed by atoms with van der Waals surface area (Å²) in [6, 6.07) is -0.0105. The van der Waals surface area contributed by atoms with Crippen molar-refractivity contribution in [3.8, 4) is 0 Å². The summed E-state index contributed by atoms with van der Waals surface area (Å²) >= 11 is 0. The van der Waals surface area contributed by atoms with Crippen LogP contribution >= 0.6 is 0 Å². The highest BCUT2D eigenvalue weighted by Crippen LogP contribution is 2.21. The van der Waals surface area contributed by atoms with Gasteiger partial charge in [0.05, 0.1) is 6.04 Å². The van der Waals surface area contributed by atoms with E-state index < -0.39 is 11.7 Å². The summed E-state index contributed by atoms with van der Waals surface area (Å²) in [5.41, 5.74) is -0.500. The molecular formula is C15H26N2O4. The fourth-order valence-electron chi connectivity index (χ4n) is 2.76. The van der Waals surface area contributed by atoms with Crippen LogP contribution < -0.4 is 5.32 Å². The van der Waals surface area contributed by atoms with Crippen LogP contribution in [0.2, 0.25) is 0 Å². The van der Waals surface area contributed by atoms with Crippen molar-refractivity contribution in [2.24, 2.45) is 5.92 Å². The van der Waals surface area contributed by atoms with E-state index >= 15 is 0 Å². The molecule has 1 N–H and O–H groups in total. The van der Waals surface area contributed by atoms with Gasteiger partial charge in [-0.25, -0.2) is 4.79 Å². The molecule has 2 rings (SSSR count). The van der Waals surface area contributed by atoms with E-state index in [1.807, 2.05) is 25.7 Å². The smallest absolute Gasteiger partial charge is 0.407 e. The van der Waals surface area contributed by atoms with Gasteiger partial charge in [-0.15, -0.1) is 0 Å². The lowest BCUT2D eigenvalue weighted by atomic mass is 9.99. The van der Waals surface area contributed by atoms with Crippen molar-refractivity contribution in [1.29, 1.82) is 0 Å². The molecule has 0 radical (unpaired) electrons. The van der Waals surface area contributed by atoms with E-state index in [0.29, 0.717) is 26.3 Å². The molecule has 2 fully saturated rings. The number of hydrogen-bond acceptors (Lipinski definition) is 4.